The lowest BCUT2D eigenvalue weighted by molar-refractivity contribution is 0.113. The van der Waals surface area contributed by atoms with Crippen LogP contribution in [0.2, 0.25) is 0 Å². The van der Waals surface area contributed by atoms with Crippen molar-refractivity contribution in [1.29, 1.82) is 0 Å². The van der Waals surface area contributed by atoms with E-state index in [1.165, 1.54) is 5.69 Å². The van der Waals surface area contributed by atoms with Gasteiger partial charge in [0.15, 0.2) is 0 Å². The molecule has 0 aliphatic carbocycles. The molecular weight excluding hydrogens is 206 g/mol. The highest BCUT2D eigenvalue weighted by Crippen LogP contribution is 2.26. The maximum Gasteiger partial charge on any atom is 0.127 e. The molecule has 0 aromatic heterocycles. The molecule has 0 spiro atoms. The van der Waals surface area contributed by atoms with Gasteiger partial charge in [-0.1, -0.05) is 24.4 Å². The van der Waals surface area contributed by atoms with Crippen LogP contribution in [0.25, 0.3) is 0 Å². The number of hydrogen-bond acceptors (Lipinski definition) is 3. The lowest BCUT2D eigenvalue weighted by Crippen LogP contribution is -2.50. The fourth-order valence-electron chi connectivity index (χ4n) is 1.78. The van der Waals surface area contributed by atoms with Crippen molar-refractivity contribution in [2.24, 2.45) is 0 Å². The van der Waals surface area contributed by atoms with E-state index in [-0.39, 0.29) is 0 Å². The first-order valence-electron chi connectivity index (χ1n) is 4.90. The third-order valence-corrected chi connectivity index (χ3v) is 3.04. The molecule has 0 radical (unpaired) electrons. The Kier molecular flexibility index (Phi) is 2.63. The van der Waals surface area contributed by atoms with Crippen LogP contribution in [-0.4, -0.2) is 42.8 Å². The smallest absolute Gasteiger partial charge is 0.127 e. The largest absolute Gasteiger partial charge is 0.355 e. The van der Waals surface area contributed by atoms with Gasteiger partial charge in [-0.2, -0.15) is 0 Å². The topological polar surface area (TPSA) is 9.72 Å². The number of rotatable bonds is 1. The van der Waals surface area contributed by atoms with Crippen molar-refractivity contribution in [2.45, 2.75) is 0 Å². The maximum absolute atomic E-state index is 5.47. The van der Waals surface area contributed by atoms with Gasteiger partial charge in [0.2, 0.25) is 0 Å². The van der Waals surface area contributed by atoms with Crippen LogP contribution >= 0.6 is 12.2 Å². The van der Waals surface area contributed by atoms with Crippen LogP contribution < -0.4 is 4.90 Å². The summed E-state index contributed by atoms with van der Waals surface area (Å²) in [5.41, 5.74) is 2.34. The fourth-order valence-corrected chi connectivity index (χ4v) is 2.17. The molecule has 4 heteroatoms. The Morgan fingerprint density at radius 2 is 1.93 bits per heavy atom. The Labute approximate surface area is 95.9 Å². The lowest BCUT2D eigenvalue weighted by Gasteiger charge is -2.40. The monoisotopic (exact) mass is 221 g/mol. The first kappa shape index (κ1) is 10.4. The average Bonchev–Trinajstić information content (AvgIpc) is 2.23. The first-order valence-corrected chi connectivity index (χ1v) is 5.31. The number of nitrogens with zero attached hydrogens (tertiary/aromatic N) is 3. The summed E-state index contributed by atoms with van der Waals surface area (Å²) in [5.74, 6) is 0. The summed E-state index contributed by atoms with van der Waals surface area (Å²) in [6.07, 6.45) is 0. The van der Waals surface area contributed by atoms with Gasteiger partial charge in [0, 0.05) is 32.4 Å². The molecule has 0 bridgehead atoms. The summed E-state index contributed by atoms with van der Waals surface area (Å²) in [6, 6.07) is 8.25. The number of anilines is 1. The van der Waals surface area contributed by atoms with Crippen molar-refractivity contribution in [3.63, 3.8) is 0 Å². The highest BCUT2D eigenvalue weighted by atomic mass is 32.1. The summed E-state index contributed by atoms with van der Waals surface area (Å²) < 4.78 is 0. The Bertz CT molecular complexity index is 389. The molecule has 3 nitrogen and oxygen atoms in total. The third-order valence-electron chi connectivity index (χ3n) is 2.61. The quantitative estimate of drug-likeness (QED) is 0.665. The van der Waals surface area contributed by atoms with E-state index in [0.717, 1.165) is 17.2 Å². The summed E-state index contributed by atoms with van der Waals surface area (Å²) in [6.45, 7) is 0.808. The zero-order chi connectivity index (χ0) is 11.0. The number of para-hydroxylation sites is 1. The molecular formula is C11H15N3S. The van der Waals surface area contributed by atoms with Crippen LogP contribution in [-0.2, 0) is 0 Å². The molecule has 1 heterocycles. The summed E-state index contributed by atoms with van der Waals surface area (Å²) in [7, 11) is 6.10. The van der Waals surface area contributed by atoms with Gasteiger partial charge in [-0.25, -0.2) is 5.01 Å². The average molecular weight is 221 g/mol. The zero-order valence-electron chi connectivity index (χ0n) is 9.27. The minimum Gasteiger partial charge on any atom is -0.355 e. The van der Waals surface area contributed by atoms with Gasteiger partial charge < -0.3 is 4.90 Å². The van der Waals surface area contributed by atoms with E-state index in [0.29, 0.717) is 0 Å². The molecule has 1 aliphatic heterocycles. The van der Waals surface area contributed by atoms with Gasteiger partial charge in [0.25, 0.3) is 0 Å². The van der Waals surface area contributed by atoms with E-state index in [1.807, 2.05) is 31.2 Å². The second-order valence-corrected chi connectivity index (χ2v) is 4.30. The van der Waals surface area contributed by atoms with E-state index in [9.17, 15) is 0 Å². The SMILES string of the molecule is CN1CN(N(C)C)C(=S)c2ccccc21. The zero-order valence-corrected chi connectivity index (χ0v) is 10.1. The molecule has 0 amide bonds. The third kappa shape index (κ3) is 1.70. The van der Waals surface area contributed by atoms with Crippen LogP contribution in [0.15, 0.2) is 24.3 Å². The molecule has 0 saturated heterocycles. The van der Waals surface area contributed by atoms with E-state index < -0.39 is 0 Å². The maximum atomic E-state index is 5.47. The van der Waals surface area contributed by atoms with Gasteiger partial charge in [0.05, 0.1) is 0 Å². The van der Waals surface area contributed by atoms with Crippen molar-refractivity contribution in [1.82, 2.24) is 10.0 Å². The van der Waals surface area contributed by atoms with Crippen molar-refractivity contribution >= 4 is 22.9 Å². The van der Waals surface area contributed by atoms with Gasteiger partial charge in [-0.05, 0) is 12.1 Å². The minimum atomic E-state index is 0.808. The molecule has 80 valence electrons. The molecule has 1 aliphatic rings. The number of fused-ring (bicyclic) bond motifs is 1. The predicted octanol–water partition coefficient (Wildman–Crippen LogP) is 1.55. The first-order chi connectivity index (χ1) is 7.11. The van der Waals surface area contributed by atoms with Crippen LogP contribution in [0, 0.1) is 0 Å². The highest BCUT2D eigenvalue weighted by molar-refractivity contribution is 7.80. The molecule has 0 saturated carbocycles. The Balaban J connectivity index is 2.44. The molecule has 0 unspecified atom stereocenters. The van der Waals surface area contributed by atoms with Crippen molar-refractivity contribution in [3.05, 3.63) is 29.8 Å². The normalized spacial score (nSPS) is 15.9. The fraction of sp³-hybridized carbons (Fsp3) is 0.364. The molecule has 1 aromatic carbocycles. The van der Waals surface area contributed by atoms with E-state index in [2.05, 4.69) is 29.1 Å². The number of thiocarbonyl (C=S) groups is 1. The van der Waals surface area contributed by atoms with Crippen LogP contribution in [0.5, 0.6) is 0 Å². The highest BCUT2D eigenvalue weighted by Gasteiger charge is 2.24. The standard InChI is InChI=1S/C11H15N3S/c1-12(2)14-8-13(3)10-7-5-4-6-9(10)11(14)15/h4-7H,8H2,1-3H3. The van der Waals surface area contributed by atoms with Crippen LogP contribution in [0.3, 0.4) is 0 Å². The Morgan fingerprint density at radius 1 is 1.27 bits per heavy atom. The van der Waals surface area contributed by atoms with Crippen molar-refractivity contribution in [3.8, 4) is 0 Å². The van der Waals surface area contributed by atoms with Gasteiger partial charge in [0.1, 0.15) is 11.7 Å². The van der Waals surface area contributed by atoms with E-state index >= 15 is 0 Å². The van der Waals surface area contributed by atoms with E-state index in [1.54, 1.807) is 0 Å². The lowest BCUT2D eigenvalue weighted by atomic mass is 10.1. The van der Waals surface area contributed by atoms with Crippen molar-refractivity contribution < 1.29 is 0 Å². The van der Waals surface area contributed by atoms with Gasteiger partial charge in [-0.15, -0.1) is 0 Å². The molecule has 0 atom stereocenters. The Hall–Kier alpha value is -1.13. The number of hydrogen-bond donors (Lipinski definition) is 0. The second-order valence-electron chi connectivity index (χ2n) is 3.91. The van der Waals surface area contributed by atoms with Gasteiger partial charge >= 0.3 is 0 Å². The van der Waals surface area contributed by atoms with Crippen LogP contribution in [0.1, 0.15) is 5.56 Å². The number of hydrazine groups is 1. The van der Waals surface area contributed by atoms with E-state index in [4.69, 9.17) is 12.2 Å². The molecule has 15 heavy (non-hydrogen) atoms. The summed E-state index contributed by atoms with van der Waals surface area (Å²) >= 11 is 5.47. The molecule has 2 rings (SSSR count). The summed E-state index contributed by atoms with van der Waals surface area (Å²) in [5, 5.41) is 4.10. The molecule has 0 N–H and O–H groups in total. The summed E-state index contributed by atoms with van der Waals surface area (Å²) in [4.78, 5) is 3.10. The predicted molar refractivity (Wildman–Crippen MR) is 66.9 cm³/mol. The Morgan fingerprint density at radius 3 is 2.60 bits per heavy atom. The molecule has 0 fully saturated rings. The molecule has 1 aromatic rings. The van der Waals surface area contributed by atoms with Crippen LogP contribution in [0.4, 0.5) is 5.69 Å². The number of benzene rings is 1. The minimum absolute atomic E-state index is 0.808. The van der Waals surface area contributed by atoms with Crippen molar-refractivity contribution in [2.75, 3.05) is 32.7 Å². The van der Waals surface area contributed by atoms with Gasteiger partial charge in [-0.3, -0.25) is 5.01 Å². The second kappa shape index (κ2) is 3.79.